The Bertz CT molecular complexity index is 571. The average molecular weight is 259 g/mol. The van der Waals surface area contributed by atoms with E-state index in [4.69, 9.17) is 5.11 Å². The zero-order valence-corrected chi connectivity index (χ0v) is 9.46. The molecule has 0 atom stereocenters. The highest BCUT2D eigenvalue weighted by atomic mass is 32.2. The number of guanidine groups is 1. The minimum absolute atomic E-state index is 0.0122. The van der Waals surface area contributed by atoms with Crippen LogP contribution in [0, 0.1) is 5.82 Å². The van der Waals surface area contributed by atoms with Crippen LogP contribution in [0.1, 0.15) is 0 Å². The summed E-state index contributed by atoms with van der Waals surface area (Å²) in [6.07, 6.45) is 0. The predicted molar refractivity (Wildman–Crippen MR) is 59.7 cm³/mol. The van der Waals surface area contributed by atoms with E-state index in [9.17, 15) is 12.8 Å². The van der Waals surface area contributed by atoms with Gasteiger partial charge in [0.15, 0.2) is 0 Å². The largest absolute Gasteiger partial charge is 0.394 e. The standard InChI is InChI=1S/C9H10FN3O3S/c10-6-1-2-7-8(5-6)17(15,16)13-9(12-7)11-3-4-14/h1-2,5,14H,3-4H2,(H2,11,12,13). The van der Waals surface area contributed by atoms with Crippen LogP contribution in [0.2, 0.25) is 0 Å². The number of sulfonamides is 1. The number of hydrogen-bond acceptors (Lipinski definition) is 4. The number of rotatable bonds is 2. The Morgan fingerprint density at radius 1 is 1.41 bits per heavy atom. The van der Waals surface area contributed by atoms with Gasteiger partial charge in [-0.15, -0.1) is 0 Å². The van der Waals surface area contributed by atoms with E-state index in [-0.39, 0.29) is 29.7 Å². The van der Waals surface area contributed by atoms with Gasteiger partial charge in [0.1, 0.15) is 10.7 Å². The van der Waals surface area contributed by atoms with Gasteiger partial charge in [-0.1, -0.05) is 0 Å². The second kappa shape index (κ2) is 4.30. The van der Waals surface area contributed by atoms with Crippen LogP contribution in [0.15, 0.2) is 28.1 Å². The summed E-state index contributed by atoms with van der Waals surface area (Å²) in [7, 11) is -3.81. The van der Waals surface area contributed by atoms with Gasteiger partial charge in [-0.3, -0.25) is 0 Å². The summed E-state index contributed by atoms with van der Waals surface area (Å²) in [5, 5.41) is 11.3. The predicted octanol–water partition coefficient (Wildman–Crippen LogP) is -0.122. The molecule has 0 amide bonds. The Morgan fingerprint density at radius 2 is 2.18 bits per heavy atom. The molecular weight excluding hydrogens is 249 g/mol. The highest BCUT2D eigenvalue weighted by molar-refractivity contribution is 7.90. The third-order valence-electron chi connectivity index (χ3n) is 2.09. The lowest BCUT2D eigenvalue weighted by atomic mass is 10.3. The quantitative estimate of drug-likeness (QED) is 0.690. The summed E-state index contributed by atoms with van der Waals surface area (Å²) >= 11 is 0. The van der Waals surface area contributed by atoms with E-state index < -0.39 is 15.8 Å². The molecule has 0 bridgehead atoms. The smallest absolute Gasteiger partial charge is 0.266 e. The van der Waals surface area contributed by atoms with Crippen molar-refractivity contribution >= 4 is 21.7 Å². The fourth-order valence-corrected chi connectivity index (χ4v) is 2.55. The number of aliphatic hydroxyl groups excluding tert-OH is 1. The number of benzene rings is 1. The van der Waals surface area contributed by atoms with Gasteiger partial charge in [-0.05, 0) is 18.2 Å². The molecule has 92 valence electrons. The molecular formula is C9H10FN3O3S. The molecule has 1 heterocycles. The van der Waals surface area contributed by atoms with Crippen LogP contribution in [-0.2, 0) is 10.0 Å². The zero-order chi connectivity index (χ0) is 12.5. The highest BCUT2D eigenvalue weighted by Gasteiger charge is 2.26. The maximum Gasteiger partial charge on any atom is 0.266 e. The maximum absolute atomic E-state index is 13.0. The Morgan fingerprint density at radius 3 is 2.88 bits per heavy atom. The minimum atomic E-state index is -3.81. The van der Waals surface area contributed by atoms with Crippen molar-refractivity contribution in [2.75, 3.05) is 18.5 Å². The lowest BCUT2D eigenvalue weighted by molar-refractivity contribution is 0.307. The fourth-order valence-electron chi connectivity index (χ4n) is 1.39. The Labute approximate surface area is 97.2 Å². The van der Waals surface area contributed by atoms with Crippen molar-refractivity contribution in [1.29, 1.82) is 0 Å². The molecule has 0 saturated carbocycles. The molecule has 0 radical (unpaired) electrons. The van der Waals surface area contributed by atoms with Crippen molar-refractivity contribution in [3.63, 3.8) is 0 Å². The highest BCUT2D eigenvalue weighted by Crippen LogP contribution is 2.25. The molecule has 3 N–H and O–H groups in total. The lowest BCUT2D eigenvalue weighted by Crippen LogP contribution is -2.41. The van der Waals surface area contributed by atoms with E-state index in [1.165, 1.54) is 6.07 Å². The van der Waals surface area contributed by atoms with Gasteiger partial charge in [0, 0.05) is 0 Å². The number of nitrogens with one attached hydrogen (secondary N) is 2. The summed E-state index contributed by atoms with van der Waals surface area (Å²) in [4.78, 5) is 3.62. The number of fused-ring (bicyclic) bond motifs is 1. The number of anilines is 1. The average Bonchev–Trinajstić information content (AvgIpc) is 2.27. The summed E-state index contributed by atoms with van der Waals surface area (Å²) in [5.74, 6) is -0.621. The Balaban J connectivity index is 2.45. The van der Waals surface area contributed by atoms with Gasteiger partial charge < -0.3 is 10.4 Å². The van der Waals surface area contributed by atoms with E-state index in [0.717, 1.165) is 12.1 Å². The van der Waals surface area contributed by atoms with Crippen LogP contribution in [-0.4, -0.2) is 32.6 Å². The van der Waals surface area contributed by atoms with Gasteiger partial charge in [-0.2, -0.15) is 0 Å². The zero-order valence-electron chi connectivity index (χ0n) is 8.64. The second-order valence-electron chi connectivity index (χ2n) is 3.32. The molecule has 1 aromatic carbocycles. The van der Waals surface area contributed by atoms with Crippen LogP contribution < -0.4 is 10.0 Å². The SMILES string of the molecule is O=S1(=O)NC(=NCCO)Nc2ccc(F)cc21. The number of nitrogens with zero attached hydrogens (tertiary/aromatic N) is 1. The molecule has 0 aliphatic carbocycles. The fraction of sp³-hybridized carbons (Fsp3) is 0.222. The van der Waals surface area contributed by atoms with Gasteiger partial charge in [0.25, 0.3) is 10.0 Å². The number of aliphatic hydroxyl groups is 1. The molecule has 0 unspecified atom stereocenters. The van der Waals surface area contributed by atoms with Crippen molar-refractivity contribution < 1.29 is 17.9 Å². The van der Waals surface area contributed by atoms with Crippen molar-refractivity contribution in [3.8, 4) is 0 Å². The second-order valence-corrected chi connectivity index (χ2v) is 4.98. The van der Waals surface area contributed by atoms with Crippen molar-refractivity contribution in [3.05, 3.63) is 24.0 Å². The van der Waals surface area contributed by atoms with Gasteiger partial charge >= 0.3 is 0 Å². The van der Waals surface area contributed by atoms with Crippen LogP contribution in [0.25, 0.3) is 0 Å². The van der Waals surface area contributed by atoms with Crippen molar-refractivity contribution in [2.45, 2.75) is 4.90 Å². The molecule has 6 nitrogen and oxygen atoms in total. The molecule has 1 aromatic rings. The van der Waals surface area contributed by atoms with Gasteiger partial charge in [-0.25, -0.2) is 22.5 Å². The molecule has 0 saturated heterocycles. The topological polar surface area (TPSA) is 90.8 Å². The summed E-state index contributed by atoms with van der Waals surface area (Å²) in [6, 6.07) is 3.39. The van der Waals surface area contributed by atoms with E-state index in [2.05, 4.69) is 15.0 Å². The van der Waals surface area contributed by atoms with Gasteiger partial charge in [0.2, 0.25) is 5.96 Å². The molecule has 0 aromatic heterocycles. The first kappa shape index (κ1) is 11.8. The van der Waals surface area contributed by atoms with Crippen LogP contribution in [0.4, 0.5) is 10.1 Å². The number of hydrogen-bond donors (Lipinski definition) is 3. The minimum Gasteiger partial charge on any atom is -0.394 e. The lowest BCUT2D eigenvalue weighted by Gasteiger charge is -2.21. The molecule has 0 spiro atoms. The normalized spacial score (nSPS) is 19.3. The molecule has 1 aliphatic heterocycles. The Hall–Kier alpha value is -1.67. The van der Waals surface area contributed by atoms with E-state index in [1.807, 2.05) is 0 Å². The molecule has 8 heteroatoms. The summed E-state index contributed by atoms with van der Waals surface area (Å²) < 4.78 is 38.6. The third kappa shape index (κ3) is 2.37. The number of halogens is 1. The summed E-state index contributed by atoms with van der Waals surface area (Å²) in [5.41, 5.74) is 0.252. The Kier molecular flexibility index (Phi) is 2.99. The van der Waals surface area contributed by atoms with Crippen LogP contribution in [0.3, 0.4) is 0 Å². The molecule has 1 aliphatic rings. The molecule has 17 heavy (non-hydrogen) atoms. The first-order valence-corrected chi connectivity index (χ1v) is 6.26. The van der Waals surface area contributed by atoms with Crippen LogP contribution >= 0.6 is 0 Å². The molecule has 0 fully saturated rings. The van der Waals surface area contributed by atoms with Gasteiger partial charge in [0.05, 0.1) is 18.8 Å². The summed E-state index contributed by atoms with van der Waals surface area (Å²) in [6.45, 7) is -0.120. The van der Waals surface area contributed by atoms with E-state index in [0.29, 0.717) is 0 Å². The third-order valence-corrected chi connectivity index (χ3v) is 3.47. The van der Waals surface area contributed by atoms with Crippen LogP contribution in [0.5, 0.6) is 0 Å². The van der Waals surface area contributed by atoms with Crippen molar-refractivity contribution in [2.24, 2.45) is 4.99 Å². The van der Waals surface area contributed by atoms with Crippen molar-refractivity contribution in [1.82, 2.24) is 4.72 Å². The molecule has 2 rings (SSSR count). The van der Waals surface area contributed by atoms with E-state index >= 15 is 0 Å². The monoisotopic (exact) mass is 259 g/mol. The maximum atomic E-state index is 13.0. The first-order chi connectivity index (χ1) is 8.03. The van der Waals surface area contributed by atoms with E-state index in [1.54, 1.807) is 0 Å². The first-order valence-electron chi connectivity index (χ1n) is 4.77. The number of aliphatic imine (C=N–C) groups is 1.